The molecule has 2 aromatic rings. The van der Waals surface area contributed by atoms with E-state index in [9.17, 15) is 0 Å². The Balaban J connectivity index is 0. The standard InChI is InChI=1S/C12H13.2CH3.Hf/c1-2-5-10-8-11-6-3-4-7-12(11)9-10;;;/h3-4,6-9H,2,5H2,1H3;2*1H3;/q3*-1;. The Morgan fingerprint density at radius 3 is 2.40 bits per heavy atom. The van der Waals surface area contributed by atoms with Crippen LogP contribution in [0.2, 0.25) is 0 Å². The van der Waals surface area contributed by atoms with Crippen LogP contribution in [-0.2, 0) is 32.3 Å². The SMILES string of the molecule is CCCc1cc2ccccc2[cH-]1.[CH3-].[CH3-].[Hf]. The normalized spacial score (nSPS) is 8.60. The van der Waals surface area contributed by atoms with E-state index in [0.29, 0.717) is 0 Å². The zero-order valence-corrected chi connectivity index (χ0v) is 13.5. The van der Waals surface area contributed by atoms with Gasteiger partial charge in [-0.1, -0.05) is 19.4 Å². The second-order valence-corrected chi connectivity index (χ2v) is 3.24. The molecule has 2 rings (SSSR count). The molecule has 0 atom stereocenters. The summed E-state index contributed by atoms with van der Waals surface area (Å²) in [5, 5.41) is 2.75. The maximum absolute atomic E-state index is 2.29. The van der Waals surface area contributed by atoms with Gasteiger partial charge in [0, 0.05) is 25.8 Å². The molecule has 0 aromatic heterocycles. The van der Waals surface area contributed by atoms with Crippen LogP contribution < -0.4 is 0 Å². The Hall–Kier alpha value is -0.300. The molecule has 15 heavy (non-hydrogen) atoms. The van der Waals surface area contributed by atoms with Crippen LogP contribution in [0.4, 0.5) is 0 Å². The summed E-state index contributed by atoms with van der Waals surface area (Å²) >= 11 is 0. The van der Waals surface area contributed by atoms with Crippen LogP contribution in [0, 0.1) is 14.9 Å². The smallest absolute Gasteiger partial charge is 0 e. The second-order valence-electron chi connectivity index (χ2n) is 3.24. The number of hydrogen-bond acceptors (Lipinski definition) is 0. The van der Waals surface area contributed by atoms with Crippen LogP contribution in [-0.4, -0.2) is 0 Å². The van der Waals surface area contributed by atoms with Gasteiger partial charge in [-0.3, -0.25) is 0 Å². The van der Waals surface area contributed by atoms with Crippen molar-refractivity contribution in [1.29, 1.82) is 0 Å². The summed E-state index contributed by atoms with van der Waals surface area (Å²) in [5.41, 5.74) is 1.47. The molecule has 0 amide bonds. The molecule has 0 aliphatic rings. The molecule has 0 saturated heterocycles. The summed E-state index contributed by atoms with van der Waals surface area (Å²) in [4.78, 5) is 0. The van der Waals surface area contributed by atoms with Crippen LogP contribution in [0.1, 0.15) is 18.9 Å². The zero-order valence-electron chi connectivity index (χ0n) is 9.88. The monoisotopic (exact) mass is 367 g/mol. The predicted octanol–water partition coefficient (Wildman–Crippen LogP) is 4.41. The van der Waals surface area contributed by atoms with Crippen molar-refractivity contribution < 1.29 is 25.8 Å². The maximum Gasteiger partial charge on any atom is 0 e. The van der Waals surface area contributed by atoms with Gasteiger partial charge in [0.15, 0.2) is 0 Å². The molecule has 0 bridgehead atoms. The first-order valence-electron chi connectivity index (χ1n) is 4.54. The van der Waals surface area contributed by atoms with Crippen molar-refractivity contribution in [3.05, 3.63) is 56.8 Å². The van der Waals surface area contributed by atoms with E-state index in [0.717, 1.165) is 0 Å². The van der Waals surface area contributed by atoms with E-state index in [2.05, 4.69) is 43.3 Å². The van der Waals surface area contributed by atoms with Gasteiger partial charge >= 0.3 is 0 Å². The van der Waals surface area contributed by atoms with Crippen LogP contribution >= 0.6 is 0 Å². The van der Waals surface area contributed by atoms with Crippen molar-refractivity contribution in [2.45, 2.75) is 19.8 Å². The van der Waals surface area contributed by atoms with E-state index >= 15 is 0 Å². The molecule has 2 aromatic carbocycles. The molecule has 0 aliphatic carbocycles. The molecule has 1 heteroatoms. The molecule has 0 nitrogen and oxygen atoms in total. The first-order chi connectivity index (χ1) is 5.90. The minimum atomic E-state index is 0. The van der Waals surface area contributed by atoms with Crippen LogP contribution in [0.3, 0.4) is 0 Å². The van der Waals surface area contributed by atoms with Crippen LogP contribution in [0.5, 0.6) is 0 Å². The van der Waals surface area contributed by atoms with Gasteiger partial charge in [-0.05, 0) is 6.42 Å². The summed E-state index contributed by atoms with van der Waals surface area (Å²) in [6.07, 6.45) is 2.44. The first-order valence-corrected chi connectivity index (χ1v) is 4.54. The molecule has 82 valence electrons. The largest absolute Gasteiger partial charge is 0.358 e. The van der Waals surface area contributed by atoms with Gasteiger partial charge in [-0.2, -0.15) is 6.07 Å². The minimum absolute atomic E-state index is 0. The Kier molecular flexibility index (Phi) is 9.04. The molecule has 0 fully saturated rings. The van der Waals surface area contributed by atoms with E-state index < -0.39 is 0 Å². The second kappa shape index (κ2) is 7.92. The molecule has 0 N–H and O–H groups in total. The van der Waals surface area contributed by atoms with Crippen LogP contribution in [0.15, 0.2) is 36.4 Å². The van der Waals surface area contributed by atoms with Crippen molar-refractivity contribution in [2.24, 2.45) is 0 Å². The fraction of sp³-hybridized carbons (Fsp3) is 0.214. The van der Waals surface area contributed by atoms with Gasteiger partial charge in [0.2, 0.25) is 0 Å². The average Bonchev–Trinajstić information content (AvgIpc) is 2.47. The number of hydrogen-bond donors (Lipinski definition) is 0. The van der Waals surface area contributed by atoms with Gasteiger partial charge in [-0.15, -0.1) is 40.6 Å². The summed E-state index contributed by atoms with van der Waals surface area (Å²) in [7, 11) is 0. The van der Waals surface area contributed by atoms with Crippen molar-refractivity contribution in [2.75, 3.05) is 0 Å². The van der Waals surface area contributed by atoms with E-state index in [1.54, 1.807) is 0 Å². The molecular formula is C14H19Hf-3. The maximum atomic E-state index is 2.29. The van der Waals surface area contributed by atoms with Gasteiger partial charge in [0.1, 0.15) is 0 Å². The van der Waals surface area contributed by atoms with Gasteiger partial charge in [0.05, 0.1) is 0 Å². The third kappa shape index (κ3) is 3.98. The number of benzene rings is 1. The average molecular weight is 366 g/mol. The Morgan fingerprint density at radius 2 is 1.80 bits per heavy atom. The fourth-order valence-corrected chi connectivity index (χ4v) is 1.65. The molecular weight excluding hydrogens is 347 g/mol. The Bertz CT molecular complexity index is 340. The molecule has 0 radical (unpaired) electrons. The van der Waals surface area contributed by atoms with Gasteiger partial charge < -0.3 is 14.9 Å². The molecule has 0 aliphatic heterocycles. The molecule has 0 saturated carbocycles. The quantitative estimate of drug-likeness (QED) is 0.546. The minimum Gasteiger partial charge on any atom is -0.358 e. The van der Waals surface area contributed by atoms with Crippen LogP contribution in [0.25, 0.3) is 10.8 Å². The third-order valence-electron chi connectivity index (χ3n) is 2.22. The summed E-state index contributed by atoms with van der Waals surface area (Å²) < 4.78 is 0. The first kappa shape index (κ1) is 17.1. The molecule has 0 unspecified atom stereocenters. The third-order valence-corrected chi connectivity index (χ3v) is 2.22. The predicted molar refractivity (Wildman–Crippen MR) is 66.4 cm³/mol. The van der Waals surface area contributed by atoms with E-state index in [4.69, 9.17) is 0 Å². The number of aryl methyl sites for hydroxylation is 1. The van der Waals surface area contributed by atoms with Gasteiger partial charge in [0.25, 0.3) is 0 Å². The number of rotatable bonds is 2. The van der Waals surface area contributed by atoms with E-state index in [1.165, 1.54) is 29.2 Å². The van der Waals surface area contributed by atoms with Crippen molar-refractivity contribution in [1.82, 2.24) is 0 Å². The summed E-state index contributed by atoms with van der Waals surface area (Å²) in [6, 6.07) is 13.1. The summed E-state index contributed by atoms with van der Waals surface area (Å²) in [6.45, 7) is 2.22. The fourth-order valence-electron chi connectivity index (χ4n) is 1.65. The van der Waals surface area contributed by atoms with Crippen molar-refractivity contribution >= 4 is 10.8 Å². The number of fused-ring (bicyclic) bond motifs is 1. The Morgan fingerprint density at radius 1 is 1.13 bits per heavy atom. The molecule has 0 heterocycles. The van der Waals surface area contributed by atoms with E-state index in [-0.39, 0.29) is 40.7 Å². The van der Waals surface area contributed by atoms with Gasteiger partial charge in [-0.25, -0.2) is 0 Å². The zero-order chi connectivity index (χ0) is 8.39. The van der Waals surface area contributed by atoms with Crippen molar-refractivity contribution in [3.63, 3.8) is 0 Å². The van der Waals surface area contributed by atoms with Crippen molar-refractivity contribution in [3.8, 4) is 0 Å². The molecule has 0 spiro atoms. The topological polar surface area (TPSA) is 0 Å². The summed E-state index contributed by atoms with van der Waals surface area (Å²) in [5.74, 6) is 0. The Labute approximate surface area is 113 Å². The van der Waals surface area contributed by atoms with E-state index in [1.807, 2.05) is 0 Å².